The molecule has 1 saturated carbocycles. The van der Waals surface area contributed by atoms with Crippen molar-refractivity contribution in [1.82, 2.24) is 15.1 Å². The Labute approximate surface area is 131 Å². The van der Waals surface area contributed by atoms with E-state index in [0.717, 1.165) is 18.3 Å². The van der Waals surface area contributed by atoms with E-state index in [1.165, 1.54) is 41.6 Å². The van der Waals surface area contributed by atoms with E-state index in [1.807, 2.05) is 0 Å². The van der Waals surface area contributed by atoms with E-state index in [4.69, 9.17) is 5.10 Å². The standard InChI is InChI=1S/C17H25N3S/c1-3-20-16-10-6-5-8-13(16)15(19-20)12-18-14-9-7-11-17(14)21-4-2/h5-6,8,10,14,17-18H,3-4,7,9,11-12H2,1-2H3. The molecule has 2 atom stereocenters. The second-order valence-corrected chi connectivity index (χ2v) is 7.21. The first kappa shape index (κ1) is 14.9. The summed E-state index contributed by atoms with van der Waals surface area (Å²) in [6, 6.07) is 9.22. The van der Waals surface area contributed by atoms with Crippen molar-refractivity contribution in [2.45, 2.75) is 57.5 Å². The Morgan fingerprint density at radius 2 is 2.14 bits per heavy atom. The van der Waals surface area contributed by atoms with Crippen molar-refractivity contribution >= 4 is 22.7 Å². The summed E-state index contributed by atoms with van der Waals surface area (Å²) >= 11 is 2.11. The van der Waals surface area contributed by atoms with Crippen molar-refractivity contribution in [3.63, 3.8) is 0 Å². The van der Waals surface area contributed by atoms with Gasteiger partial charge in [-0.15, -0.1) is 0 Å². The average Bonchev–Trinajstić information content (AvgIpc) is 3.10. The number of aromatic nitrogens is 2. The van der Waals surface area contributed by atoms with Gasteiger partial charge < -0.3 is 5.32 Å². The highest BCUT2D eigenvalue weighted by Crippen LogP contribution is 2.30. The van der Waals surface area contributed by atoms with Gasteiger partial charge in [-0.1, -0.05) is 31.5 Å². The number of para-hydroxylation sites is 1. The first-order valence-corrected chi connectivity index (χ1v) is 9.17. The van der Waals surface area contributed by atoms with Crippen molar-refractivity contribution in [2.24, 2.45) is 0 Å². The molecule has 0 aliphatic heterocycles. The van der Waals surface area contributed by atoms with Gasteiger partial charge in [0.25, 0.3) is 0 Å². The first-order valence-electron chi connectivity index (χ1n) is 8.12. The molecule has 1 aromatic heterocycles. The highest BCUT2D eigenvalue weighted by molar-refractivity contribution is 7.99. The number of fused-ring (bicyclic) bond motifs is 1. The topological polar surface area (TPSA) is 29.9 Å². The molecule has 1 aliphatic carbocycles. The van der Waals surface area contributed by atoms with Gasteiger partial charge in [-0.2, -0.15) is 16.9 Å². The van der Waals surface area contributed by atoms with Gasteiger partial charge in [-0.05, 0) is 31.6 Å². The normalized spacial score (nSPS) is 22.2. The molecule has 0 bridgehead atoms. The molecule has 0 saturated heterocycles. The summed E-state index contributed by atoms with van der Waals surface area (Å²) in [5.41, 5.74) is 2.45. The molecule has 2 unspecified atom stereocenters. The van der Waals surface area contributed by atoms with Crippen molar-refractivity contribution in [2.75, 3.05) is 5.75 Å². The van der Waals surface area contributed by atoms with Crippen LogP contribution >= 0.6 is 11.8 Å². The molecular weight excluding hydrogens is 278 g/mol. The lowest BCUT2D eigenvalue weighted by atomic mass is 10.2. The van der Waals surface area contributed by atoms with Gasteiger partial charge >= 0.3 is 0 Å². The quantitative estimate of drug-likeness (QED) is 0.880. The number of thioether (sulfide) groups is 1. The molecule has 4 heteroatoms. The fourth-order valence-electron chi connectivity index (χ4n) is 3.37. The van der Waals surface area contributed by atoms with Crippen LogP contribution in [-0.4, -0.2) is 26.8 Å². The van der Waals surface area contributed by atoms with Gasteiger partial charge in [0, 0.05) is 29.8 Å². The first-order chi connectivity index (χ1) is 10.3. The van der Waals surface area contributed by atoms with E-state index in [-0.39, 0.29) is 0 Å². The van der Waals surface area contributed by atoms with Crippen LogP contribution in [0.2, 0.25) is 0 Å². The van der Waals surface area contributed by atoms with Crippen LogP contribution in [0.4, 0.5) is 0 Å². The lowest BCUT2D eigenvalue weighted by molar-refractivity contribution is 0.522. The lowest BCUT2D eigenvalue weighted by Crippen LogP contribution is -2.33. The Morgan fingerprint density at radius 1 is 1.29 bits per heavy atom. The summed E-state index contributed by atoms with van der Waals surface area (Å²) < 4.78 is 2.11. The molecule has 21 heavy (non-hydrogen) atoms. The predicted octanol–water partition coefficient (Wildman–Crippen LogP) is 3.82. The Morgan fingerprint density at radius 3 is 2.95 bits per heavy atom. The third-order valence-corrected chi connectivity index (χ3v) is 5.72. The molecule has 1 fully saturated rings. The van der Waals surface area contributed by atoms with Crippen LogP contribution in [0.15, 0.2) is 24.3 Å². The second kappa shape index (κ2) is 6.84. The maximum atomic E-state index is 4.79. The second-order valence-electron chi connectivity index (χ2n) is 5.69. The maximum Gasteiger partial charge on any atom is 0.0841 e. The summed E-state index contributed by atoms with van der Waals surface area (Å²) in [7, 11) is 0. The molecule has 0 radical (unpaired) electrons. The highest BCUT2D eigenvalue weighted by atomic mass is 32.2. The van der Waals surface area contributed by atoms with Crippen molar-refractivity contribution < 1.29 is 0 Å². The van der Waals surface area contributed by atoms with Gasteiger partial charge in [0.1, 0.15) is 0 Å². The predicted molar refractivity (Wildman–Crippen MR) is 91.8 cm³/mol. The monoisotopic (exact) mass is 303 g/mol. The number of hydrogen-bond acceptors (Lipinski definition) is 3. The zero-order valence-electron chi connectivity index (χ0n) is 13.0. The Kier molecular flexibility index (Phi) is 4.86. The van der Waals surface area contributed by atoms with E-state index < -0.39 is 0 Å². The summed E-state index contributed by atoms with van der Waals surface area (Å²) in [5.74, 6) is 1.22. The van der Waals surface area contributed by atoms with Crippen LogP contribution in [0.3, 0.4) is 0 Å². The van der Waals surface area contributed by atoms with Crippen molar-refractivity contribution in [3.05, 3.63) is 30.0 Å². The van der Waals surface area contributed by atoms with Crippen LogP contribution in [0.5, 0.6) is 0 Å². The van der Waals surface area contributed by atoms with Crippen LogP contribution in [0, 0.1) is 0 Å². The molecule has 1 heterocycles. The largest absolute Gasteiger partial charge is 0.307 e. The molecule has 114 valence electrons. The summed E-state index contributed by atoms with van der Waals surface area (Å²) in [4.78, 5) is 0. The maximum absolute atomic E-state index is 4.79. The van der Waals surface area contributed by atoms with Crippen LogP contribution in [-0.2, 0) is 13.1 Å². The zero-order chi connectivity index (χ0) is 14.7. The molecular formula is C17H25N3S. The van der Waals surface area contributed by atoms with E-state index in [9.17, 15) is 0 Å². The van der Waals surface area contributed by atoms with Gasteiger partial charge in [-0.3, -0.25) is 4.68 Å². The Bertz CT molecular complexity index is 593. The molecule has 1 N–H and O–H groups in total. The number of aryl methyl sites for hydroxylation is 1. The third-order valence-electron chi connectivity index (χ3n) is 4.40. The molecule has 3 nitrogen and oxygen atoms in total. The fraction of sp³-hybridized carbons (Fsp3) is 0.588. The molecule has 1 aromatic carbocycles. The number of benzene rings is 1. The van der Waals surface area contributed by atoms with Crippen LogP contribution in [0.1, 0.15) is 38.8 Å². The van der Waals surface area contributed by atoms with Crippen LogP contribution in [0.25, 0.3) is 10.9 Å². The van der Waals surface area contributed by atoms with Gasteiger partial charge in [-0.25, -0.2) is 0 Å². The third kappa shape index (κ3) is 3.11. The highest BCUT2D eigenvalue weighted by Gasteiger charge is 2.26. The molecule has 2 aromatic rings. The lowest BCUT2D eigenvalue weighted by Gasteiger charge is -2.19. The van der Waals surface area contributed by atoms with E-state index in [1.54, 1.807) is 0 Å². The Hall–Kier alpha value is -1.00. The SMILES string of the molecule is CCSC1CCCC1NCc1nn(CC)c2ccccc12. The number of nitrogens with one attached hydrogen (secondary N) is 1. The van der Waals surface area contributed by atoms with Gasteiger partial charge in [0.2, 0.25) is 0 Å². The fourth-order valence-corrected chi connectivity index (χ4v) is 4.59. The Balaban J connectivity index is 1.73. The van der Waals surface area contributed by atoms with Crippen LogP contribution < -0.4 is 5.32 Å². The minimum absolute atomic E-state index is 0.653. The smallest absolute Gasteiger partial charge is 0.0841 e. The average molecular weight is 303 g/mol. The molecule has 0 spiro atoms. The minimum Gasteiger partial charge on any atom is -0.307 e. The zero-order valence-corrected chi connectivity index (χ0v) is 13.8. The van der Waals surface area contributed by atoms with E-state index >= 15 is 0 Å². The van der Waals surface area contributed by atoms with Crippen molar-refractivity contribution in [1.29, 1.82) is 0 Å². The van der Waals surface area contributed by atoms with Crippen molar-refractivity contribution in [3.8, 4) is 0 Å². The van der Waals surface area contributed by atoms with Gasteiger partial charge in [0.05, 0.1) is 11.2 Å². The molecule has 0 amide bonds. The molecule has 1 aliphatic rings. The number of hydrogen-bond donors (Lipinski definition) is 1. The van der Waals surface area contributed by atoms with E-state index in [2.05, 4.69) is 59.9 Å². The summed E-state index contributed by atoms with van der Waals surface area (Å²) in [5, 5.41) is 10.6. The molecule has 3 rings (SSSR count). The number of nitrogens with zero attached hydrogens (tertiary/aromatic N) is 2. The number of rotatable bonds is 6. The minimum atomic E-state index is 0.653. The summed E-state index contributed by atoms with van der Waals surface area (Å²) in [6.07, 6.45) is 4.03. The van der Waals surface area contributed by atoms with E-state index in [0.29, 0.717) is 6.04 Å². The summed E-state index contributed by atoms with van der Waals surface area (Å²) in [6.45, 7) is 6.23. The van der Waals surface area contributed by atoms with Gasteiger partial charge in [0.15, 0.2) is 0 Å².